The van der Waals surface area contributed by atoms with Gasteiger partial charge in [-0.2, -0.15) is 4.98 Å². The number of hydrogen-bond acceptors (Lipinski definition) is 5. The van der Waals surface area contributed by atoms with Gasteiger partial charge in [0.05, 0.1) is 14.2 Å². The predicted molar refractivity (Wildman–Crippen MR) is 70.3 cm³/mol. The second kappa shape index (κ2) is 4.61. The number of pyridine rings is 1. The average molecular weight is 256 g/mol. The Hall–Kier alpha value is -2.56. The van der Waals surface area contributed by atoms with E-state index in [9.17, 15) is 0 Å². The van der Waals surface area contributed by atoms with Crippen LogP contribution in [-0.2, 0) is 0 Å². The maximum Gasteiger partial charge on any atom is 0.229 e. The highest BCUT2D eigenvalue weighted by Gasteiger charge is 2.11. The Kier molecular flexibility index (Phi) is 2.79. The molecule has 96 valence electrons. The topological polar surface area (TPSA) is 57.4 Å². The highest BCUT2D eigenvalue weighted by molar-refractivity contribution is 5.72. The Balaban J connectivity index is 2.14. The number of fused-ring (bicyclic) bond motifs is 1. The number of benzene rings is 1. The van der Waals surface area contributed by atoms with Crippen LogP contribution < -0.4 is 9.47 Å². The van der Waals surface area contributed by atoms with E-state index in [0.717, 1.165) is 5.56 Å². The molecule has 0 aliphatic rings. The summed E-state index contributed by atoms with van der Waals surface area (Å²) in [5, 5.41) is 0. The minimum atomic E-state index is 0.492. The maximum absolute atomic E-state index is 5.67. The lowest BCUT2D eigenvalue weighted by Gasteiger charge is -2.05. The summed E-state index contributed by atoms with van der Waals surface area (Å²) in [5.41, 5.74) is 2.02. The van der Waals surface area contributed by atoms with E-state index in [4.69, 9.17) is 13.9 Å². The molecule has 19 heavy (non-hydrogen) atoms. The summed E-state index contributed by atoms with van der Waals surface area (Å²) in [7, 11) is 3.21. The fourth-order valence-electron chi connectivity index (χ4n) is 1.82. The van der Waals surface area contributed by atoms with Crippen LogP contribution in [0, 0.1) is 0 Å². The third-order valence-electron chi connectivity index (χ3n) is 2.76. The van der Waals surface area contributed by atoms with E-state index in [0.29, 0.717) is 28.6 Å². The van der Waals surface area contributed by atoms with Gasteiger partial charge in [0.25, 0.3) is 0 Å². The number of aromatic nitrogens is 2. The summed E-state index contributed by atoms with van der Waals surface area (Å²) in [6, 6.07) is 9.12. The standard InChI is InChI=1S/C14H12N2O3/c1-17-10-6-9(7-11(8-10)18-2)14-16-13-12(19-14)4-3-5-15-13/h3-8H,1-2H3. The molecule has 1 aromatic carbocycles. The molecule has 5 heteroatoms. The lowest BCUT2D eigenvalue weighted by molar-refractivity contribution is 0.394. The van der Waals surface area contributed by atoms with Crippen molar-refractivity contribution in [3.8, 4) is 23.0 Å². The number of rotatable bonds is 3. The van der Waals surface area contributed by atoms with Crippen LogP contribution in [0.5, 0.6) is 11.5 Å². The van der Waals surface area contributed by atoms with Crippen molar-refractivity contribution < 1.29 is 13.9 Å². The molecular formula is C14H12N2O3. The third kappa shape index (κ3) is 2.10. The molecule has 0 bridgehead atoms. The Morgan fingerprint density at radius 1 is 1.05 bits per heavy atom. The summed E-state index contributed by atoms with van der Waals surface area (Å²) >= 11 is 0. The molecule has 0 aliphatic carbocycles. The number of oxazole rings is 1. The molecular weight excluding hydrogens is 244 g/mol. The molecule has 0 unspecified atom stereocenters. The van der Waals surface area contributed by atoms with Crippen LogP contribution in [0.4, 0.5) is 0 Å². The molecule has 2 heterocycles. The molecule has 3 aromatic rings. The Bertz CT molecular complexity index is 666. The summed E-state index contributed by atoms with van der Waals surface area (Å²) in [6.07, 6.45) is 1.68. The van der Waals surface area contributed by atoms with Crippen molar-refractivity contribution in [2.75, 3.05) is 14.2 Å². The van der Waals surface area contributed by atoms with Gasteiger partial charge in [-0.3, -0.25) is 0 Å². The summed E-state index contributed by atoms with van der Waals surface area (Å²) in [5.74, 6) is 1.86. The molecule has 0 atom stereocenters. The zero-order chi connectivity index (χ0) is 13.2. The van der Waals surface area contributed by atoms with Crippen molar-refractivity contribution in [3.63, 3.8) is 0 Å². The quantitative estimate of drug-likeness (QED) is 0.721. The van der Waals surface area contributed by atoms with E-state index in [1.54, 1.807) is 26.5 Å². The molecule has 3 rings (SSSR count). The van der Waals surface area contributed by atoms with Gasteiger partial charge in [-0.1, -0.05) is 0 Å². The van der Waals surface area contributed by atoms with Gasteiger partial charge < -0.3 is 13.9 Å². The first-order valence-electron chi connectivity index (χ1n) is 5.75. The van der Waals surface area contributed by atoms with E-state index in [-0.39, 0.29) is 0 Å². The van der Waals surface area contributed by atoms with Crippen LogP contribution in [0.1, 0.15) is 0 Å². The smallest absolute Gasteiger partial charge is 0.229 e. The fourth-order valence-corrected chi connectivity index (χ4v) is 1.82. The van der Waals surface area contributed by atoms with Crippen LogP contribution >= 0.6 is 0 Å². The number of methoxy groups -OCH3 is 2. The van der Waals surface area contributed by atoms with Gasteiger partial charge in [-0.25, -0.2) is 4.98 Å². The van der Waals surface area contributed by atoms with Gasteiger partial charge in [0.15, 0.2) is 11.2 Å². The molecule has 2 aromatic heterocycles. The van der Waals surface area contributed by atoms with E-state index in [1.165, 1.54) is 0 Å². The Labute approximate surface area is 109 Å². The Morgan fingerprint density at radius 2 is 1.79 bits per heavy atom. The molecule has 0 spiro atoms. The zero-order valence-corrected chi connectivity index (χ0v) is 10.6. The summed E-state index contributed by atoms with van der Waals surface area (Å²) in [4.78, 5) is 8.49. The first-order chi connectivity index (χ1) is 9.30. The second-order valence-electron chi connectivity index (χ2n) is 3.95. The number of ether oxygens (including phenoxy) is 2. The summed E-state index contributed by atoms with van der Waals surface area (Å²) in [6.45, 7) is 0. The van der Waals surface area contributed by atoms with Gasteiger partial charge in [0.2, 0.25) is 5.89 Å². The van der Waals surface area contributed by atoms with Crippen molar-refractivity contribution in [1.82, 2.24) is 9.97 Å². The monoisotopic (exact) mass is 256 g/mol. The van der Waals surface area contributed by atoms with E-state index in [1.807, 2.05) is 24.3 Å². The molecule has 0 radical (unpaired) electrons. The molecule has 0 aliphatic heterocycles. The van der Waals surface area contributed by atoms with E-state index >= 15 is 0 Å². The lowest BCUT2D eigenvalue weighted by atomic mass is 10.2. The zero-order valence-electron chi connectivity index (χ0n) is 10.6. The van der Waals surface area contributed by atoms with Crippen molar-refractivity contribution in [3.05, 3.63) is 36.5 Å². The molecule has 0 saturated heterocycles. The Morgan fingerprint density at radius 3 is 2.42 bits per heavy atom. The number of hydrogen-bond donors (Lipinski definition) is 0. The molecule has 0 amide bonds. The molecule has 0 fully saturated rings. The highest BCUT2D eigenvalue weighted by Crippen LogP contribution is 2.30. The van der Waals surface area contributed by atoms with Crippen LogP contribution in [0.25, 0.3) is 22.7 Å². The van der Waals surface area contributed by atoms with Gasteiger partial charge in [-0.15, -0.1) is 0 Å². The maximum atomic E-state index is 5.67. The molecule has 0 saturated carbocycles. The van der Waals surface area contributed by atoms with E-state index < -0.39 is 0 Å². The molecule has 5 nitrogen and oxygen atoms in total. The van der Waals surface area contributed by atoms with Crippen molar-refractivity contribution in [2.45, 2.75) is 0 Å². The van der Waals surface area contributed by atoms with Gasteiger partial charge in [0.1, 0.15) is 11.5 Å². The van der Waals surface area contributed by atoms with Crippen LogP contribution in [-0.4, -0.2) is 24.2 Å². The van der Waals surface area contributed by atoms with Crippen LogP contribution in [0.15, 0.2) is 40.9 Å². The first-order valence-corrected chi connectivity index (χ1v) is 5.75. The minimum Gasteiger partial charge on any atom is -0.497 e. The normalized spacial score (nSPS) is 10.6. The largest absolute Gasteiger partial charge is 0.497 e. The summed E-state index contributed by atoms with van der Waals surface area (Å²) < 4.78 is 16.1. The molecule has 0 N–H and O–H groups in total. The third-order valence-corrected chi connectivity index (χ3v) is 2.76. The van der Waals surface area contributed by atoms with Crippen molar-refractivity contribution in [2.24, 2.45) is 0 Å². The van der Waals surface area contributed by atoms with Gasteiger partial charge >= 0.3 is 0 Å². The lowest BCUT2D eigenvalue weighted by Crippen LogP contribution is -1.88. The van der Waals surface area contributed by atoms with Gasteiger partial charge in [0, 0.05) is 17.8 Å². The van der Waals surface area contributed by atoms with Crippen LogP contribution in [0.2, 0.25) is 0 Å². The van der Waals surface area contributed by atoms with Crippen molar-refractivity contribution in [1.29, 1.82) is 0 Å². The highest BCUT2D eigenvalue weighted by atomic mass is 16.5. The second-order valence-corrected chi connectivity index (χ2v) is 3.95. The first kappa shape index (κ1) is 11.5. The minimum absolute atomic E-state index is 0.492. The van der Waals surface area contributed by atoms with Crippen molar-refractivity contribution >= 4 is 11.2 Å². The average Bonchev–Trinajstić information content (AvgIpc) is 2.90. The van der Waals surface area contributed by atoms with E-state index in [2.05, 4.69) is 9.97 Å². The fraction of sp³-hybridized carbons (Fsp3) is 0.143. The van der Waals surface area contributed by atoms with Gasteiger partial charge in [-0.05, 0) is 24.3 Å². The van der Waals surface area contributed by atoms with Crippen LogP contribution in [0.3, 0.4) is 0 Å². The SMILES string of the molecule is COc1cc(OC)cc(-c2nc3ncccc3o2)c1. The number of nitrogens with zero attached hydrogens (tertiary/aromatic N) is 2. The predicted octanol–water partition coefficient (Wildman–Crippen LogP) is 2.91.